The van der Waals surface area contributed by atoms with Gasteiger partial charge < -0.3 is 15.1 Å². The molecule has 0 fully saturated rings. The molecular weight excluding hydrogens is 298 g/mol. The van der Waals surface area contributed by atoms with E-state index in [1.54, 1.807) is 0 Å². The van der Waals surface area contributed by atoms with Crippen LogP contribution in [-0.2, 0) is 19.5 Å². The second-order valence-corrected chi connectivity index (χ2v) is 6.40. The molecule has 0 unspecified atom stereocenters. The molecule has 1 N–H and O–H groups in total. The fourth-order valence-electron chi connectivity index (χ4n) is 3.11. The summed E-state index contributed by atoms with van der Waals surface area (Å²) in [6, 6.07) is 18.8. The van der Waals surface area contributed by atoms with Crippen molar-refractivity contribution in [1.29, 1.82) is 0 Å². The lowest BCUT2D eigenvalue weighted by atomic mass is 10.0. The Morgan fingerprint density at radius 2 is 1.79 bits per heavy atom. The molecule has 1 aliphatic rings. The Labute approximate surface area is 144 Å². The minimum Gasteiger partial charge on any atom is -0.337 e. The highest BCUT2D eigenvalue weighted by Gasteiger charge is 2.19. The van der Waals surface area contributed by atoms with Gasteiger partial charge in [0.15, 0.2) is 0 Å². The van der Waals surface area contributed by atoms with Gasteiger partial charge in [-0.25, -0.2) is 4.79 Å². The molecule has 0 radical (unpaired) electrons. The second kappa shape index (κ2) is 7.97. The zero-order chi connectivity index (χ0) is 16.8. The number of carbonyl (C=O) groups excluding carboxylic acids is 1. The lowest BCUT2D eigenvalue weighted by molar-refractivity contribution is 0.190. The number of benzene rings is 2. The maximum Gasteiger partial charge on any atom is 0.317 e. The average molecular weight is 323 g/mol. The van der Waals surface area contributed by atoms with Gasteiger partial charge in [-0.15, -0.1) is 0 Å². The van der Waals surface area contributed by atoms with E-state index in [4.69, 9.17) is 0 Å². The molecule has 0 bridgehead atoms. The molecular formula is C20H25N3O. The SMILES string of the molecule is CN(CCNC(=O)N1CCc2ccccc2C1)Cc1ccccc1. The van der Waals surface area contributed by atoms with E-state index in [0.717, 1.165) is 26.1 Å². The number of fused-ring (bicyclic) bond motifs is 1. The zero-order valence-electron chi connectivity index (χ0n) is 14.2. The van der Waals surface area contributed by atoms with Gasteiger partial charge in [0.1, 0.15) is 0 Å². The van der Waals surface area contributed by atoms with Gasteiger partial charge in [0, 0.05) is 32.7 Å². The molecule has 0 aromatic heterocycles. The van der Waals surface area contributed by atoms with Crippen molar-refractivity contribution < 1.29 is 4.79 Å². The third-order valence-corrected chi connectivity index (χ3v) is 4.48. The summed E-state index contributed by atoms with van der Waals surface area (Å²) in [7, 11) is 2.08. The predicted molar refractivity (Wildman–Crippen MR) is 96.7 cm³/mol. The maximum absolute atomic E-state index is 12.3. The van der Waals surface area contributed by atoms with Gasteiger partial charge in [-0.2, -0.15) is 0 Å². The van der Waals surface area contributed by atoms with Crippen LogP contribution in [0.1, 0.15) is 16.7 Å². The minimum absolute atomic E-state index is 0.0395. The molecule has 4 nitrogen and oxygen atoms in total. The number of carbonyl (C=O) groups is 1. The number of urea groups is 1. The smallest absolute Gasteiger partial charge is 0.317 e. The van der Waals surface area contributed by atoms with Crippen LogP contribution in [0.5, 0.6) is 0 Å². The van der Waals surface area contributed by atoms with Crippen LogP contribution in [0.25, 0.3) is 0 Å². The van der Waals surface area contributed by atoms with Crippen molar-refractivity contribution in [3.63, 3.8) is 0 Å². The summed E-state index contributed by atoms with van der Waals surface area (Å²) in [4.78, 5) is 16.5. The fraction of sp³-hybridized carbons (Fsp3) is 0.350. The molecule has 24 heavy (non-hydrogen) atoms. The molecule has 3 rings (SSSR count). The van der Waals surface area contributed by atoms with Crippen molar-refractivity contribution in [3.05, 3.63) is 71.3 Å². The highest BCUT2D eigenvalue weighted by molar-refractivity contribution is 5.74. The number of nitrogens with zero attached hydrogens (tertiary/aromatic N) is 2. The van der Waals surface area contributed by atoms with Crippen molar-refractivity contribution in [2.75, 3.05) is 26.7 Å². The second-order valence-electron chi connectivity index (χ2n) is 6.40. The van der Waals surface area contributed by atoms with Crippen molar-refractivity contribution in [2.45, 2.75) is 19.5 Å². The molecule has 1 heterocycles. The van der Waals surface area contributed by atoms with Gasteiger partial charge in [0.25, 0.3) is 0 Å². The van der Waals surface area contributed by atoms with E-state index < -0.39 is 0 Å². The van der Waals surface area contributed by atoms with Gasteiger partial charge >= 0.3 is 6.03 Å². The van der Waals surface area contributed by atoms with Crippen molar-refractivity contribution >= 4 is 6.03 Å². The summed E-state index contributed by atoms with van der Waals surface area (Å²) >= 11 is 0. The van der Waals surface area contributed by atoms with Gasteiger partial charge in [-0.3, -0.25) is 0 Å². The number of rotatable bonds is 5. The highest BCUT2D eigenvalue weighted by atomic mass is 16.2. The van der Waals surface area contributed by atoms with Crippen LogP contribution in [0.2, 0.25) is 0 Å². The number of amides is 2. The third-order valence-electron chi connectivity index (χ3n) is 4.48. The normalized spacial score (nSPS) is 13.7. The maximum atomic E-state index is 12.3. The summed E-state index contributed by atoms with van der Waals surface area (Å²) in [6.07, 6.45) is 0.942. The molecule has 2 amide bonds. The van der Waals surface area contributed by atoms with Crippen molar-refractivity contribution in [3.8, 4) is 0 Å². The fourth-order valence-corrected chi connectivity index (χ4v) is 3.11. The zero-order valence-corrected chi connectivity index (χ0v) is 14.2. The first-order valence-corrected chi connectivity index (χ1v) is 8.54. The molecule has 0 atom stereocenters. The summed E-state index contributed by atoms with van der Waals surface area (Å²) in [5.74, 6) is 0. The Morgan fingerprint density at radius 3 is 2.58 bits per heavy atom. The third kappa shape index (κ3) is 4.36. The molecule has 0 aliphatic carbocycles. The van der Waals surface area contributed by atoms with Crippen LogP contribution in [0.3, 0.4) is 0 Å². The van der Waals surface area contributed by atoms with E-state index in [2.05, 4.69) is 59.7 Å². The van der Waals surface area contributed by atoms with E-state index >= 15 is 0 Å². The lowest BCUT2D eigenvalue weighted by Gasteiger charge is -2.29. The standard InChI is InChI=1S/C20H25N3O/c1-22(15-17-7-3-2-4-8-17)14-12-21-20(24)23-13-11-18-9-5-6-10-19(18)16-23/h2-10H,11-16H2,1H3,(H,21,24). The minimum atomic E-state index is 0.0395. The Hall–Kier alpha value is -2.33. The molecule has 2 aromatic rings. The molecule has 1 aliphatic heterocycles. The van der Waals surface area contributed by atoms with Crippen LogP contribution in [0.15, 0.2) is 54.6 Å². The molecule has 0 spiro atoms. The molecule has 4 heteroatoms. The largest absolute Gasteiger partial charge is 0.337 e. The van der Waals surface area contributed by atoms with E-state index in [1.165, 1.54) is 16.7 Å². The van der Waals surface area contributed by atoms with Crippen LogP contribution >= 0.6 is 0 Å². The first-order chi connectivity index (χ1) is 11.7. The lowest BCUT2D eigenvalue weighted by Crippen LogP contribution is -2.44. The van der Waals surface area contributed by atoms with E-state index in [0.29, 0.717) is 13.1 Å². The van der Waals surface area contributed by atoms with Crippen LogP contribution in [0, 0.1) is 0 Å². The summed E-state index contributed by atoms with van der Waals surface area (Å²) in [5, 5.41) is 3.05. The first kappa shape index (κ1) is 16.5. The van der Waals surface area contributed by atoms with Gasteiger partial charge in [-0.05, 0) is 30.2 Å². The highest BCUT2D eigenvalue weighted by Crippen LogP contribution is 2.18. The topological polar surface area (TPSA) is 35.6 Å². The quantitative estimate of drug-likeness (QED) is 0.918. The van der Waals surface area contributed by atoms with E-state index in [-0.39, 0.29) is 6.03 Å². The first-order valence-electron chi connectivity index (χ1n) is 8.54. The summed E-state index contributed by atoms with van der Waals surface area (Å²) in [6.45, 7) is 3.91. The predicted octanol–water partition coefficient (Wildman–Crippen LogP) is 2.89. The summed E-state index contributed by atoms with van der Waals surface area (Å²) < 4.78 is 0. The number of hydrogen-bond donors (Lipinski definition) is 1. The van der Waals surface area contributed by atoms with Crippen LogP contribution in [0.4, 0.5) is 4.79 Å². The Bertz CT molecular complexity index is 672. The van der Waals surface area contributed by atoms with Crippen LogP contribution < -0.4 is 5.32 Å². The number of hydrogen-bond acceptors (Lipinski definition) is 2. The van der Waals surface area contributed by atoms with E-state index in [1.807, 2.05) is 17.0 Å². The Kier molecular flexibility index (Phi) is 5.49. The van der Waals surface area contributed by atoms with Crippen molar-refractivity contribution in [1.82, 2.24) is 15.1 Å². The Balaban J connectivity index is 1.41. The van der Waals surface area contributed by atoms with Gasteiger partial charge in [0.2, 0.25) is 0 Å². The van der Waals surface area contributed by atoms with Crippen molar-refractivity contribution in [2.24, 2.45) is 0 Å². The van der Waals surface area contributed by atoms with Gasteiger partial charge in [-0.1, -0.05) is 54.6 Å². The molecule has 0 saturated heterocycles. The number of likely N-dealkylation sites (N-methyl/N-ethyl adjacent to an activating group) is 1. The summed E-state index contributed by atoms with van der Waals surface area (Å²) in [5.41, 5.74) is 3.92. The molecule has 2 aromatic carbocycles. The molecule has 0 saturated carbocycles. The monoisotopic (exact) mass is 323 g/mol. The van der Waals surface area contributed by atoms with Gasteiger partial charge in [0.05, 0.1) is 0 Å². The van der Waals surface area contributed by atoms with E-state index in [9.17, 15) is 4.79 Å². The van der Waals surface area contributed by atoms with Crippen LogP contribution in [-0.4, -0.2) is 42.5 Å². The molecule has 126 valence electrons. The number of nitrogens with one attached hydrogen (secondary N) is 1. The average Bonchev–Trinajstić information content (AvgIpc) is 2.62. The Morgan fingerprint density at radius 1 is 1.08 bits per heavy atom.